The first-order chi connectivity index (χ1) is 15.5. The summed E-state index contributed by atoms with van der Waals surface area (Å²) >= 11 is 0. The molecule has 1 aliphatic heterocycles. The quantitative estimate of drug-likeness (QED) is 0.506. The van der Waals surface area contributed by atoms with E-state index in [1.54, 1.807) is 37.5 Å². The maximum atomic E-state index is 14.8. The number of aromatic nitrogens is 4. The lowest BCUT2D eigenvalue weighted by molar-refractivity contribution is 0.252. The fourth-order valence-corrected chi connectivity index (χ4v) is 3.93. The molecule has 1 fully saturated rings. The maximum Gasteiger partial charge on any atom is 0.320 e. The Hall–Kier alpha value is -3.56. The molecule has 1 saturated heterocycles. The first-order valence-corrected chi connectivity index (χ1v) is 10.6. The Labute approximate surface area is 184 Å². The number of rotatable bonds is 6. The molecule has 0 unspecified atom stereocenters. The molecule has 0 aromatic carbocycles. The molecular weight excluding hydrogens is 416 g/mol. The molecule has 3 aromatic heterocycles. The summed E-state index contributed by atoms with van der Waals surface area (Å²) in [6.07, 6.45) is 6.87. The highest BCUT2D eigenvalue weighted by atomic mass is 19.1. The number of nitrogens with zero attached hydrogens (tertiary/aromatic N) is 4. The average molecular weight is 441 g/mol. The average Bonchev–Trinajstić information content (AvgIpc) is 3.32. The van der Waals surface area contributed by atoms with Crippen LogP contribution in [-0.4, -0.2) is 45.6 Å². The number of anilines is 2. The van der Waals surface area contributed by atoms with Crippen LogP contribution in [0.15, 0.2) is 36.8 Å². The second kappa shape index (κ2) is 9.71. The van der Waals surface area contributed by atoms with E-state index >= 15 is 0 Å². The lowest BCUT2D eigenvalue weighted by atomic mass is 9.90. The fourth-order valence-electron chi connectivity index (χ4n) is 3.93. The highest BCUT2D eigenvalue weighted by molar-refractivity contribution is 5.88. The molecule has 0 bridgehead atoms. The monoisotopic (exact) mass is 441 g/mol. The molecule has 1 aliphatic rings. The van der Waals surface area contributed by atoms with E-state index in [-0.39, 0.29) is 11.7 Å². The van der Waals surface area contributed by atoms with Gasteiger partial charge in [-0.25, -0.2) is 24.1 Å². The molecule has 2 amide bonds. The van der Waals surface area contributed by atoms with Gasteiger partial charge in [-0.05, 0) is 55.9 Å². The summed E-state index contributed by atoms with van der Waals surface area (Å²) in [7, 11) is 0. The molecule has 10 heteroatoms. The summed E-state index contributed by atoms with van der Waals surface area (Å²) in [5, 5.41) is 4.99. The number of imidazole rings is 1. The van der Waals surface area contributed by atoms with E-state index < -0.39 is 17.8 Å². The molecule has 32 heavy (non-hydrogen) atoms. The van der Waals surface area contributed by atoms with Crippen molar-refractivity contribution in [2.75, 3.05) is 29.9 Å². The van der Waals surface area contributed by atoms with Gasteiger partial charge in [-0.3, -0.25) is 5.32 Å². The number of H-pyrrole nitrogens is 1. The number of amides is 2. The summed E-state index contributed by atoms with van der Waals surface area (Å²) in [6.45, 7) is 3.52. The predicted molar refractivity (Wildman–Crippen MR) is 117 cm³/mol. The molecule has 3 aromatic rings. The first kappa shape index (κ1) is 21.7. The van der Waals surface area contributed by atoms with Gasteiger partial charge in [-0.1, -0.05) is 0 Å². The zero-order chi connectivity index (χ0) is 22.5. The zero-order valence-electron chi connectivity index (χ0n) is 17.7. The Balaban J connectivity index is 1.37. The first-order valence-electron chi connectivity index (χ1n) is 10.6. The highest BCUT2D eigenvalue weighted by Gasteiger charge is 2.24. The topological polar surface area (TPSA) is 98.8 Å². The van der Waals surface area contributed by atoms with Crippen molar-refractivity contribution in [2.24, 2.45) is 5.92 Å². The van der Waals surface area contributed by atoms with Crippen LogP contribution in [0.4, 0.5) is 25.1 Å². The number of hydrogen-bond donors (Lipinski definition) is 3. The van der Waals surface area contributed by atoms with Crippen LogP contribution in [0.2, 0.25) is 0 Å². The van der Waals surface area contributed by atoms with Gasteiger partial charge in [0.2, 0.25) is 5.95 Å². The van der Waals surface area contributed by atoms with Crippen LogP contribution >= 0.6 is 0 Å². The predicted octanol–water partition coefficient (Wildman–Crippen LogP) is 3.75. The molecular formula is C22H25F2N7O. The van der Waals surface area contributed by atoms with Gasteiger partial charge in [-0.2, -0.15) is 4.39 Å². The van der Waals surface area contributed by atoms with Crippen LogP contribution in [-0.2, 0) is 6.42 Å². The lowest BCUT2D eigenvalue weighted by Gasteiger charge is -2.33. The van der Waals surface area contributed by atoms with E-state index in [2.05, 4.69) is 30.6 Å². The summed E-state index contributed by atoms with van der Waals surface area (Å²) in [6, 6.07) is 4.63. The minimum absolute atomic E-state index is 0.0734. The van der Waals surface area contributed by atoms with Crippen molar-refractivity contribution in [1.82, 2.24) is 25.3 Å². The number of halogens is 2. The largest absolute Gasteiger partial charge is 0.368 e. The van der Waals surface area contributed by atoms with E-state index in [4.69, 9.17) is 0 Å². The van der Waals surface area contributed by atoms with E-state index in [0.717, 1.165) is 12.8 Å². The van der Waals surface area contributed by atoms with Crippen molar-refractivity contribution >= 4 is 17.5 Å². The van der Waals surface area contributed by atoms with Crippen molar-refractivity contribution < 1.29 is 13.6 Å². The highest BCUT2D eigenvalue weighted by Crippen LogP contribution is 2.29. The van der Waals surface area contributed by atoms with E-state index in [0.29, 0.717) is 48.8 Å². The van der Waals surface area contributed by atoms with Gasteiger partial charge in [0, 0.05) is 38.2 Å². The number of urea groups is 1. The summed E-state index contributed by atoms with van der Waals surface area (Å²) in [5.74, 6) is -0.340. The number of aromatic amines is 1. The van der Waals surface area contributed by atoms with Crippen molar-refractivity contribution in [3.8, 4) is 11.5 Å². The van der Waals surface area contributed by atoms with Gasteiger partial charge in [0.15, 0.2) is 17.5 Å². The zero-order valence-corrected chi connectivity index (χ0v) is 17.7. The number of piperidine rings is 1. The molecule has 3 N–H and O–H groups in total. The van der Waals surface area contributed by atoms with Crippen molar-refractivity contribution in [3.63, 3.8) is 0 Å². The second-order valence-electron chi connectivity index (χ2n) is 7.70. The molecule has 4 heterocycles. The molecule has 0 saturated carbocycles. The van der Waals surface area contributed by atoms with Crippen LogP contribution in [0.1, 0.15) is 25.3 Å². The molecule has 168 valence electrons. The minimum atomic E-state index is -0.529. The Kier molecular flexibility index (Phi) is 6.58. The number of carbonyl (C=O) groups is 1. The fraction of sp³-hybridized carbons (Fsp3) is 0.364. The third kappa shape index (κ3) is 4.84. The molecule has 0 radical (unpaired) electrons. The molecule has 0 atom stereocenters. The van der Waals surface area contributed by atoms with E-state index in [9.17, 15) is 13.6 Å². The summed E-state index contributed by atoms with van der Waals surface area (Å²) in [4.78, 5) is 28.6. The van der Waals surface area contributed by atoms with Gasteiger partial charge >= 0.3 is 6.03 Å². The number of pyridine rings is 2. The number of carbonyl (C=O) groups excluding carboxylic acids is 1. The van der Waals surface area contributed by atoms with Crippen molar-refractivity contribution in [3.05, 3.63) is 54.1 Å². The third-order valence-corrected chi connectivity index (χ3v) is 5.57. The molecule has 8 nitrogen and oxygen atoms in total. The molecule has 4 rings (SSSR count). The van der Waals surface area contributed by atoms with Crippen LogP contribution in [0, 0.1) is 17.7 Å². The van der Waals surface area contributed by atoms with Gasteiger partial charge in [0.1, 0.15) is 5.69 Å². The van der Waals surface area contributed by atoms with Crippen LogP contribution < -0.4 is 15.5 Å². The van der Waals surface area contributed by atoms with Crippen LogP contribution in [0.25, 0.3) is 11.5 Å². The Morgan fingerprint density at radius 1 is 1.19 bits per heavy atom. The van der Waals surface area contributed by atoms with E-state index in [1.165, 1.54) is 6.20 Å². The second-order valence-corrected chi connectivity index (χ2v) is 7.70. The Morgan fingerprint density at radius 3 is 2.69 bits per heavy atom. The molecule has 0 spiro atoms. The smallest absolute Gasteiger partial charge is 0.320 e. The summed E-state index contributed by atoms with van der Waals surface area (Å²) < 4.78 is 29.4. The number of nitrogens with one attached hydrogen (secondary N) is 3. The summed E-state index contributed by atoms with van der Waals surface area (Å²) in [5.41, 5.74) is 1.43. The standard InChI is InChI=1S/C22H25F2N7O/c1-2-25-22(32)30-21-18(23)15(5-8-26-21)13-14-6-11-31(12-7-14)17-4-3-16(29-19(17)24)20-27-9-10-28-20/h3-5,8-10,14H,2,6-7,11-13H2,1H3,(H,27,28)(H2,25,26,30,32). The number of hydrogen-bond acceptors (Lipinski definition) is 5. The van der Waals surface area contributed by atoms with Crippen LogP contribution in [0.3, 0.4) is 0 Å². The van der Waals surface area contributed by atoms with E-state index in [1.807, 2.05) is 4.90 Å². The van der Waals surface area contributed by atoms with Crippen molar-refractivity contribution in [2.45, 2.75) is 26.2 Å². The Bertz CT molecular complexity index is 1070. The normalized spacial score (nSPS) is 14.4. The molecule has 0 aliphatic carbocycles. The van der Waals surface area contributed by atoms with Gasteiger partial charge in [-0.15, -0.1) is 0 Å². The SMILES string of the molecule is CCNC(=O)Nc1nccc(CC2CCN(c3ccc(-c4ncc[nH]4)nc3F)CC2)c1F. The van der Waals surface area contributed by atoms with Crippen LogP contribution in [0.5, 0.6) is 0 Å². The lowest BCUT2D eigenvalue weighted by Crippen LogP contribution is -2.35. The Morgan fingerprint density at radius 2 is 2.00 bits per heavy atom. The van der Waals surface area contributed by atoms with Gasteiger partial charge in [0.05, 0.1) is 5.69 Å². The van der Waals surface area contributed by atoms with Crippen molar-refractivity contribution in [1.29, 1.82) is 0 Å². The maximum absolute atomic E-state index is 14.8. The third-order valence-electron chi connectivity index (χ3n) is 5.57. The van der Waals surface area contributed by atoms with Gasteiger partial charge < -0.3 is 15.2 Å². The minimum Gasteiger partial charge on any atom is -0.368 e. The van der Waals surface area contributed by atoms with Gasteiger partial charge in [0.25, 0.3) is 0 Å².